The van der Waals surface area contributed by atoms with Gasteiger partial charge in [0.1, 0.15) is 11.7 Å². The minimum atomic E-state index is -0.630. The Morgan fingerprint density at radius 3 is 2.47 bits per heavy atom. The predicted octanol–water partition coefficient (Wildman–Crippen LogP) is 4.76. The number of para-hydroxylation sites is 1. The summed E-state index contributed by atoms with van der Waals surface area (Å²) in [4.78, 5) is 31.6. The topological polar surface area (TPSA) is 112 Å². The van der Waals surface area contributed by atoms with E-state index >= 15 is 0 Å². The fraction of sp³-hybridized carbons (Fsp3) is 0.241. The van der Waals surface area contributed by atoms with E-state index in [0.29, 0.717) is 17.7 Å². The highest BCUT2D eigenvalue weighted by atomic mass is 16.6. The fourth-order valence-electron chi connectivity index (χ4n) is 4.52. The number of aromatic nitrogens is 2. The molecule has 9 nitrogen and oxygen atoms in total. The Morgan fingerprint density at radius 1 is 1.00 bits per heavy atom. The Hall–Kier alpha value is -4.50. The molecule has 2 amide bonds. The molecule has 1 aliphatic rings. The van der Waals surface area contributed by atoms with Crippen LogP contribution in [0, 0.1) is 5.41 Å². The summed E-state index contributed by atoms with van der Waals surface area (Å²) in [6.07, 6.45) is -0.877. The molecule has 0 spiro atoms. The number of nitrogens with one attached hydrogen (secondary N) is 3. The second kappa shape index (κ2) is 10.9. The Balaban J connectivity index is 1.22. The molecule has 0 fully saturated rings. The van der Waals surface area contributed by atoms with Gasteiger partial charge in [-0.2, -0.15) is 0 Å². The monoisotopic (exact) mass is 510 g/mol. The van der Waals surface area contributed by atoms with Gasteiger partial charge in [0.05, 0.1) is 23.7 Å². The molecule has 38 heavy (non-hydrogen) atoms. The molecule has 0 saturated heterocycles. The van der Waals surface area contributed by atoms with Crippen LogP contribution in [0.15, 0.2) is 72.8 Å². The number of carbonyl (C=O) groups is 2. The molecular formula is C29H30N6O3. The van der Waals surface area contributed by atoms with Crippen LogP contribution < -0.4 is 10.6 Å². The molecule has 1 aliphatic heterocycles. The molecule has 194 valence electrons. The molecule has 3 aromatic carbocycles. The van der Waals surface area contributed by atoms with Crippen LogP contribution >= 0.6 is 0 Å². The zero-order valence-corrected chi connectivity index (χ0v) is 21.4. The maximum Gasteiger partial charge on any atom is 0.413 e. The average Bonchev–Trinajstić information content (AvgIpc) is 3.26. The van der Waals surface area contributed by atoms with Crippen LogP contribution in [0.4, 0.5) is 10.5 Å². The number of anilines is 1. The van der Waals surface area contributed by atoms with E-state index < -0.39 is 6.09 Å². The normalized spacial score (nSPS) is 13.2. The largest absolute Gasteiger partial charge is 0.447 e. The van der Waals surface area contributed by atoms with Gasteiger partial charge in [0.15, 0.2) is 0 Å². The highest BCUT2D eigenvalue weighted by Gasteiger charge is 2.21. The van der Waals surface area contributed by atoms with Gasteiger partial charge in [-0.25, -0.2) is 9.78 Å². The first kappa shape index (κ1) is 25.2. The summed E-state index contributed by atoms with van der Waals surface area (Å²) < 4.78 is 7.25. The Kier molecular flexibility index (Phi) is 7.19. The van der Waals surface area contributed by atoms with E-state index in [4.69, 9.17) is 15.1 Å². The molecule has 2 heterocycles. The van der Waals surface area contributed by atoms with E-state index in [1.54, 1.807) is 13.8 Å². The quantitative estimate of drug-likeness (QED) is 0.256. The number of alkyl carbamates (subject to hydrolysis) is 1. The second-order valence-corrected chi connectivity index (χ2v) is 9.56. The lowest BCUT2D eigenvalue weighted by atomic mass is 10.1. The van der Waals surface area contributed by atoms with E-state index in [2.05, 4.69) is 20.1 Å². The number of rotatable bonds is 6. The molecule has 0 atom stereocenters. The van der Waals surface area contributed by atoms with Crippen molar-refractivity contribution < 1.29 is 14.3 Å². The minimum absolute atomic E-state index is 0.00529. The van der Waals surface area contributed by atoms with Crippen LogP contribution in [-0.4, -0.2) is 44.9 Å². The third-order valence-corrected chi connectivity index (χ3v) is 6.34. The number of ether oxygens (including phenoxy) is 1. The number of imidazole rings is 1. The number of amidine groups is 1. The Bertz CT molecular complexity index is 1480. The highest BCUT2D eigenvalue weighted by Crippen LogP contribution is 2.23. The fourth-order valence-corrected chi connectivity index (χ4v) is 4.52. The van der Waals surface area contributed by atoms with Crippen molar-refractivity contribution in [3.63, 3.8) is 0 Å². The molecular weight excluding hydrogens is 480 g/mol. The third kappa shape index (κ3) is 5.73. The van der Waals surface area contributed by atoms with Crippen LogP contribution in [0.2, 0.25) is 0 Å². The zero-order chi connectivity index (χ0) is 26.6. The molecule has 0 bridgehead atoms. The van der Waals surface area contributed by atoms with Crippen molar-refractivity contribution in [2.24, 2.45) is 0 Å². The lowest BCUT2D eigenvalue weighted by molar-refractivity contribution is 0.102. The van der Waals surface area contributed by atoms with Gasteiger partial charge in [0.25, 0.3) is 5.91 Å². The molecule has 9 heteroatoms. The molecule has 5 rings (SSSR count). The van der Waals surface area contributed by atoms with Crippen LogP contribution in [0.1, 0.15) is 41.2 Å². The number of nitrogens with zero attached hydrogens (tertiary/aromatic N) is 3. The standard InChI is InChI=1S/C29H30N6O3/c1-19(2)38-29(37)33-27(30)21-10-8-20(9-11-21)17-34-14-15-35-25-13-12-22(16-24(25)32-26(35)18-34)28(36)31-23-6-4-3-5-7-23/h3-13,16,19H,14-15,17-18H2,1-2H3,(H,31,36)(H2,30,33,37). The van der Waals surface area contributed by atoms with Crippen LogP contribution in [0.3, 0.4) is 0 Å². The Morgan fingerprint density at radius 2 is 1.74 bits per heavy atom. The van der Waals surface area contributed by atoms with E-state index in [1.165, 1.54) is 0 Å². The van der Waals surface area contributed by atoms with Crippen molar-refractivity contribution in [3.05, 3.63) is 95.3 Å². The van der Waals surface area contributed by atoms with E-state index in [9.17, 15) is 9.59 Å². The first-order valence-corrected chi connectivity index (χ1v) is 12.6. The molecule has 3 N–H and O–H groups in total. The molecule has 0 radical (unpaired) electrons. The molecule has 0 saturated carbocycles. The van der Waals surface area contributed by atoms with Gasteiger partial charge in [0, 0.05) is 36.4 Å². The summed E-state index contributed by atoms with van der Waals surface area (Å²) in [5, 5.41) is 13.5. The van der Waals surface area contributed by atoms with Gasteiger partial charge in [-0.05, 0) is 49.7 Å². The summed E-state index contributed by atoms with van der Waals surface area (Å²) in [5.41, 5.74) is 4.90. The van der Waals surface area contributed by atoms with Crippen LogP contribution in [0.5, 0.6) is 0 Å². The summed E-state index contributed by atoms with van der Waals surface area (Å²) in [5.74, 6) is 0.818. The first-order valence-electron chi connectivity index (χ1n) is 12.6. The predicted molar refractivity (Wildman–Crippen MR) is 146 cm³/mol. The van der Waals surface area contributed by atoms with Crippen molar-refractivity contribution in [2.45, 2.75) is 39.6 Å². The van der Waals surface area contributed by atoms with Crippen LogP contribution in [-0.2, 0) is 24.4 Å². The van der Waals surface area contributed by atoms with E-state index in [0.717, 1.165) is 47.7 Å². The summed E-state index contributed by atoms with van der Waals surface area (Å²) in [6, 6.07) is 22.7. The van der Waals surface area contributed by atoms with Gasteiger partial charge < -0.3 is 14.6 Å². The summed E-state index contributed by atoms with van der Waals surface area (Å²) >= 11 is 0. The van der Waals surface area contributed by atoms with Crippen molar-refractivity contribution in [1.29, 1.82) is 5.41 Å². The van der Waals surface area contributed by atoms with Gasteiger partial charge in [-0.1, -0.05) is 42.5 Å². The van der Waals surface area contributed by atoms with Gasteiger partial charge in [-0.15, -0.1) is 0 Å². The number of amides is 2. The van der Waals surface area contributed by atoms with Crippen molar-refractivity contribution in [2.75, 3.05) is 11.9 Å². The number of hydrogen-bond donors (Lipinski definition) is 3. The molecule has 0 aliphatic carbocycles. The summed E-state index contributed by atoms with van der Waals surface area (Å²) in [6.45, 7) is 6.64. The van der Waals surface area contributed by atoms with Crippen LogP contribution in [0.25, 0.3) is 11.0 Å². The van der Waals surface area contributed by atoms with Crippen molar-refractivity contribution in [1.82, 2.24) is 19.8 Å². The maximum absolute atomic E-state index is 12.7. The minimum Gasteiger partial charge on any atom is -0.447 e. The third-order valence-electron chi connectivity index (χ3n) is 6.34. The van der Waals surface area contributed by atoms with Crippen molar-refractivity contribution >= 4 is 34.6 Å². The average molecular weight is 511 g/mol. The molecule has 4 aromatic rings. The Labute approximate surface area is 220 Å². The molecule has 1 aromatic heterocycles. The maximum atomic E-state index is 12.7. The smallest absolute Gasteiger partial charge is 0.413 e. The lowest BCUT2D eigenvalue weighted by Gasteiger charge is -2.28. The first-order chi connectivity index (χ1) is 18.4. The van der Waals surface area contributed by atoms with Gasteiger partial charge in [0.2, 0.25) is 0 Å². The van der Waals surface area contributed by atoms with Gasteiger partial charge in [-0.3, -0.25) is 20.4 Å². The van der Waals surface area contributed by atoms with Crippen molar-refractivity contribution in [3.8, 4) is 0 Å². The number of benzene rings is 3. The number of fused-ring (bicyclic) bond motifs is 3. The number of carbonyl (C=O) groups excluding carboxylic acids is 2. The van der Waals surface area contributed by atoms with E-state index in [-0.39, 0.29) is 17.8 Å². The van der Waals surface area contributed by atoms with Gasteiger partial charge >= 0.3 is 6.09 Å². The SMILES string of the molecule is CC(C)OC(=O)NC(=N)c1ccc(CN2CCn3c(nc4cc(C(=O)Nc5ccccc5)ccc43)C2)cc1. The second-order valence-electron chi connectivity index (χ2n) is 9.56. The molecule has 0 unspecified atom stereocenters. The van der Waals surface area contributed by atoms with E-state index in [1.807, 2.05) is 72.8 Å². The zero-order valence-electron chi connectivity index (χ0n) is 21.4. The summed E-state index contributed by atoms with van der Waals surface area (Å²) in [7, 11) is 0. The highest BCUT2D eigenvalue weighted by molar-refractivity contribution is 6.06. The lowest BCUT2D eigenvalue weighted by Crippen LogP contribution is -2.33. The number of hydrogen-bond acceptors (Lipinski definition) is 6.